The number of carboxylic acid groups (broad SMARTS) is 1. The lowest BCUT2D eigenvalue weighted by atomic mass is 10.2. The number of carbonyl (C=O) groups is 1. The maximum atomic E-state index is 10.2. The summed E-state index contributed by atoms with van der Waals surface area (Å²) in [4.78, 5) is 14.3. The van der Waals surface area contributed by atoms with E-state index in [2.05, 4.69) is 15.6 Å². The van der Waals surface area contributed by atoms with Gasteiger partial charge < -0.3 is 15.7 Å². The van der Waals surface area contributed by atoms with E-state index in [1.807, 2.05) is 0 Å². The highest BCUT2D eigenvalue weighted by atomic mass is 16.4. The van der Waals surface area contributed by atoms with E-state index < -0.39 is 5.97 Å². The van der Waals surface area contributed by atoms with E-state index in [1.165, 1.54) is 0 Å². The van der Waals surface area contributed by atoms with Crippen LogP contribution < -0.4 is 10.6 Å². The van der Waals surface area contributed by atoms with Crippen LogP contribution in [0.3, 0.4) is 0 Å². The molecule has 0 saturated heterocycles. The first kappa shape index (κ1) is 9.83. The molecule has 0 aromatic carbocycles. The van der Waals surface area contributed by atoms with Gasteiger partial charge in [-0.3, -0.25) is 9.79 Å². The zero-order valence-electron chi connectivity index (χ0n) is 7.55. The largest absolute Gasteiger partial charge is 0.481 e. The minimum atomic E-state index is -0.726. The fourth-order valence-electron chi connectivity index (χ4n) is 1.12. The van der Waals surface area contributed by atoms with E-state index in [0.29, 0.717) is 0 Å². The second-order valence-electron chi connectivity index (χ2n) is 2.93. The van der Waals surface area contributed by atoms with E-state index in [-0.39, 0.29) is 6.42 Å². The first-order valence-corrected chi connectivity index (χ1v) is 4.53. The van der Waals surface area contributed by atoms with Crippen LogP contribution >= 0.6 is 0 Å². The molecule has 1 heterocycles. The van der Waals surface area contributed by atoms with Crippen molar-refractivity contribution in [2.24, 2.45) is 4.99 Å². The Morgan fingerprint density at radius 2 is 2.46 bits per heavy atom. The van der Waals surface area contributed by atoms with Crippen molar-refractivity contribution in [3.05, 3.63) is 0 Å². The number of nitrogens with zero attached hydrogens (tertiary/aromatic N) is 1. The predicted octanol–water partition coefficient (Wildman–Crippen LogP) is -0.210. The molecule has 0 radical (unpaired) electrons. The van der Waals surface area contributed by atoms with Crippen molar-refractivity contribution in [3.8, 4) is 0 Å². The molecule has 74 valence electrons. The third-order valence-electron chi connectivity index (χ3n) is 1.78. The number of hydrogen-bond acceptors (Lipinski definition) is 4. The number of aliphatic carboxylic acids is 1. The molecule has 0 aromatic rings. The summed E-state index contributed by atoms with van der Waals surface area (Å²) < 4.78 is 0. The molecule has 1 aliphatic heterocycles. The summed E-state index contributed by atoms with van der Waals surface area (Å²) >= 11 is 0. The van der Waals surface area contributed by atoms with Gasteiger partial charge in [0.25, 0.3) is 0 Å². The molecule has 3 N–H and O–H groups in total. The van der Waals surface area contributed by atoms with Crippen molar-refractivity contribution in [1.82, 2.24) is 10.6 Å². The van der Waals surface area contributed by atoms with Crippen molar-refractivity contribution >= 4 is 11.9 Å². The molecule has 0 bridgehead atoms. The summed E-state index contributed by atoms with van der Waals surface area (Å²) in [6.45, 7) is 2.52. The molecular weight excluding hydrogens is 170 g/mol. The maximum Gasteiger partial charge on any atom is 0.303 e. The molecule has 13 heavy (non-hydrogen) atoms. The van der Waals surface area contributed by atoms with Crippen LogP contribution in [-0.2, 0) is 4.79 Å². The van der Waals surface area contributed by atoms with Crippen molar-refractivity contribution in [1.29, 1.82) is 0 Å². The van der Waals surface area contributed by atoms with Crippen molar-refractivity contribution in [3.63, 3.8) is 0 Å². The van der Waals surface area contributed by atoms with Gasteiger partial charge in [-0.25, -0.2) is 0 Å². The Bertz CT molecular complexity index is 204. The Hall–Kier alpha value is -1.26. The third-order valence-corrected chi connectivity index (χ3v) is 1.78. The summed E-state index contributed by atoms with van der Waals surface area (Å²) in [6, 6.07) is 0. The first-order chi connectivity index (χ1) is 6.29. The van der Waals surface area contributed by atoms with Crippen molar-refractivity contribution in [2.45, 2.75) is 19.3 Å². The Kier molecular flexibility index (Phi) is 4.08. The summed E-state index contributed by atoms with van der Waals surface area (Å²) in [6.07, 6.45) is 1.84. The van der Waals surface area contributed by atoms with Crippen LogP contribution in [0.2, 0.25) is 0 Å². The van der Waals surface area contributed by atoms with E-state index in [1.54, 1.807) is 0 Å². The molecule has 0 fully saturated rings. The average molecular weight is 185 g/mol. The van der Waals surface area contributed by atoms with E-state index in [0.717, 1.165) is 38.4 Å². The maximum absolute atomic E-state index is 10.2. The van der Waals surface area contributed by atoms with E-state index in [4.69, 9.17) is 5.11 Å². The minimum Gasteiger partial charge on any atom is -0.481 e. The SMILES string of the molecule is O=C(O)CCCCNC1=NCCN1. The number of carboxylic acids is 1. The highest BCUT2D eigenvalue weighted by molar-refractivity contribution is 5.81. The third kappa shape index (κ3) is 4.35. The standard InChI is InChI=1S/C8H15N3O2/c12-7(13)3-1-2-4-9-8-10-5-6-11-8/h1-6H2,(H,12,13)(H2,9,10,11). The number of unbranched alkanes of at least 4 members (excludes halogenated alkanes) is 1. The molecule has 0 unspecified atom stereocenters. The van der Waals surface area contributed by atoms with Gasteiger partial charge in [0.1, 0.15) is 0 Å². The second-order valence-corrected chi connectivity index (χ2v) is 2.93. The zero-order valence-corrected chi connectivity index (χ0v) is 7.55. The van der Waals surface area contributed by atoms with Crippen LogP contribution in [0, 0.1) is 0 Å². The van der Waals surface area contributed by atoms with Crippen LogP contribution in [-0.4, -0.2) is 36.7 Å². The highest BCUT2D eigenvalue weighted by Crippen LogP contribution is 1.93. The number of aliphatic imine (C=N–C) groups is 1. The Morgan fingerprint density at radius 1 is 1.62 bits per heavy atom. The molecule has 5 heteroatoms. The van der Waals surface area contributed by atoms with Crippen LogP contribution in [0.25, 0.3) is 0 Å². The van der Waals surface area contributed by atoms with Gasteiger partial charge in [-0.2, -0.15) is 0 Å². The van der Waals surface area contributed by atoms with Gasteiger partial charge >= 0.3 is 5.97 Å². The van der Waals surface area contributed by atoms with Gasteiger partial charge in [0.15, 0.2) is 5.96 Å². The number of hydrogen-bond donors (Lipinski definition) is 3. The molecule has 0 aromatic heterocycles. The Labute approximate surface area is 77.2 Å². The number of nitrogens with one attached hydrogen (secondary N) is 2. The van der Waals surface area contributed by atoms with Crippen LogP contribution in [0.15, 0.2) is 4.99 Å². The van der Waals surface area contributed by atoms with Gasteiger partial charge in [0.05, 0.1) is 6.54 Å². The van der Waals surface area contributed by atoms with E-state index in [9.17, 15) is 4.79 Å². The average Bonchev–Trinajstić information content (AvgIpc) is 2.55. The Balaban J connectivity index is 1.92. The summed E-state index contributed by atoms with van der Waals surface area (Å²) in [5, 5.41) is 14.5. The van der Waals surface area contributed by atoms with Gasteiger partial charge in [0.2, 0.25) is 0 Å². The Morgan fingerprint density at radius 3 is 3.08 bits per heavy atom. The molecular formula is C8H15N3O2. The van der Waals surface area contributed by atoms with Gasteiger partial charge in [-0.15, -0.1) is 0 Å². The summed E-state index contributed by atoms with van der Waals surface area (Å²) in [5.41, 5.74) is 0. The fraction of sp³-hybridized carbons (Fsp3) is 0.750. The molecule has 1 aliphatic rings. The van der Waals surface area contributed by atoms with E-state index >= 15 is 0 Å². The summed E-state index contributed by atoms with van der Waals surface area (Å²) in [5.74, 6) is 0.117. The second kappa shape index (κ2) is 5.40. The monoisotopic (exact) mass is 185 g/mol. The minimum absolute atomic E-state index is 0.252. The lowest BCUT2D eigenvalue weighted by molar-refractivity contribution is -0.137. The van der Waals surface area contributed by atoms with Crippen molar-refractivity contribution in [2.75, 3.05) is 19.6 Å². The fourth-order valence-corrected chi connectivity index (χ4v) is 1.12. The van der Waals surface area contributed by atoms with Gasteiger partial charge in [0, 0.05) is 19.5 Å². The van der Waals surface area contributed by atoms with Crippen LogP contribution in [0.4, 0.5) is 0 Å². The number of guanidine groups is 1. The number of rotatable bonds is 5. The molecule has 0 amide bonds. The molecule has 0 atom stereocenters. The summed E-state index contributed by atoms with van der Waals surface area (Å²) in [7, 11) is 0. The molecule has 0 aliphatic carbocycles. The lowest BCUT2D eigenvalue weighted by Crippen LogP contribution is -2.34. The smallest absolute Gasteiger partial charge is 0.303 e. The van der Waals surface area contributed by atoms with Crippen LogP contribution in [0.5, 0.6) is 0 Å². The predicted molar refractivity (Wildman–Crippen MR) is 49.8 cm³/mol. The quantitative estimate of drug-likeness (QED) is 0.518. The highest BCUT2D eigenvalue weighted by Gasteiger charge is 2.02. The zero-order chi connectivity index (χ0) is 9.52. The normalized spacial score (nSPS) is 14.9. The first-order valence-electron chi connectivity index (χ1n) is 4.53. The molecule has 0 spiro atoms. The molecule has 0 saturated carbocycles. The van der Waals surface area contributed by atoms with Crippen LogP contribution in [0.1, 0.15) is 19.3 Å². The topological polar surface area (TPSA) is 73.7 Å². The molecule has 5 nitrogen and oxygen atoms in total. The lowest BCUT2D eigenvalue weighted by Gasteiger charge is -2.04. The van der Waals surface area contributed by atoms with Gasteiger partial charge in [-0.1, -0.05) is 0 Å². The molecule has 1 rings (SSSR count). The van der Waals surface area contributed by atoms with Gasteiger partial charge in [-0.05, 0) is 12.8 Å². The van der Waals surface area contributed by atoms with Crippen molar-refractivity contribution < 1.29 is 9.90 Å².